The smallest absolute Gasteiger partial charge is 0.264 e. The van der Waals surface area contributed by atoms with Crippen LogP contribution < -0.4 is 14.4 Å². The van der Waals surface area contributed by atoms with Crippen molar-refractivity contribution in [3.8, 4) is 17.0 Å². The summed E-state index contributed by atoms with van der Waals surface area (Å²) in [5, 5.41) is 5.10. The third-order valence-corrected chi connectivity index (χ3v) is 7.54. The average molecular weight is 480 g/mol. The lowest BCUT2D eigenvalue weighted by Crippen LogP contribution is -2.27. The molecule has 0 aliphatic heterocycles. The Kier molecular flexibility index (Phi) is 6.43. The number of hydrogen-bond donors (Lipinski definition) is 1. The Hall–Kier alpha value is -3.69. The molecular formula is C24H21N3O4S2. The first-order chi connectivity index (χ1) is 15.9. The SMILES string of the molecule is COc1ccccc1N(C)S(=O)(=O)c1ccc(C(=O)Nc2nc(-c3ccccc3)cs2)cc1. The first kappa shape index (κ1) is 22.5. The number of carbonyl (C=O) groups is 1. The molecule has 0 spiro atoms. The summed E-state index contributed by atoms with van der Waals surface area (Å²) < 4.78 is 32.6. The van der Waals surface area contributed by atoms with Gasteiger partial charge in [0.2, 0.25) is 0 Å². The molecule has 0 aliphatic carbocycles. The second kappa shape index (κ2) is 9.43. The Morgan fingerprint density at radius 3 is 2.33 bits per heavy atom. The van der Waals surface area contributed by atoms with Crippen LogP contribution in [-0.2, 0) is 10.0 Å². The van der Waals surface area contributed by atoms with E-state index < -0.39 is 10.0 Å². The predicted molar refractivity (Wildman–Crippen MR) is 131 cm³/mol. The van der Waals surface area contributed by atoms with Gasteiger partial charge in [0.05, 0.1) is 23.4 Å². The molecule has 0 fully saturated rings. The van der Waals surface area contributed by atoms with Gasteiger partial charge in [0.15, 0.2) is 5.13 Å². The summed E-state index contributed by atoms with van der Waals surface area (Å²) in [6.07, 6.45) is 0. The predicted octanol–water partition coefficient (Wildman–Crippen LogP) is 4.90. The minimum Gasteiger partial charge on any atom is -0.495 e. The zero-order valence-electron chi connectivity index (χ0n) is 17.9. The summed E-state index contributed by atoms with van der Waals surface area (Å²) in [6, 6.07) is 22.3. The van der Waals surface area contributed by atoms with Gasteiger partial charge in [-0.15, -0.1) is 11.3 Å². The maximum atomic E-state index is 13.1. The van der Waals surface area contributed by atoms with Gasteiger partial charge in [-0.25, -0.2) is 13.4 Å². The third-order valence-electron chi connectivity index (χ3n) is 4.99. The quantitative estimate of drug-likeness (QED) is 0.407. The van der Waals surface area contributed by atoms with Gasteiger partial charge in [0.25, 0.3) is 15.9 Å². The van der Waals surface area contributed by atoms with Crippen molar-refractivity contribution in [1.82, 2.24) is 4.98 Å². The second-order valence-electron chi connectivity index (χ2n) is 7.03. The zero-order chi connectivity index (χ0) is 23.4. The van der Waals surface area contributed by atoms with Crippen LogP contribution in [0.25, 0.3) is 11.3 Å². The van der Waals surface area contributed by atoms with Crippen molar-refractivity contribution in [2.24, 2.45) is 0 Å². The number of sulfonamides is 1. The number of rotatable bonds is 7. The van der Waals surface area contributed by atoms with Crippen molar-refractivity contribution in [3.63, 3.8) is 0 Å². The number of hydrogen-bond acceptors (Lipinski definition) is 6. The Balaban J connectivity index is 1.50. The Labute approximate surface area is 196 Å². The molecule has 0 atom stereocenters. The van der Waals surface area contributed by atoms with E-state index in [1.165, 1.54) is 49.8 Å². The molecule has 0 bridgehead atoms. The Bertz CT molecular complexity index is 1370. The van der Waals surface area contributed by atoms with Crippen LogP contribution in [0.15, 0.2) is 89.1 Å². The molecule has 0 saturated heterocycles. The fourth-order valence-corrected chi connectivity index (χ4v) is 5.12. The number of thiazole rings is 1. The molecule has 1 heterocycles. The lowest BCUT2D eigenvalue weighted by Gasteiger charge is -2.21. The zero-order valence-corrected chi connectivity index (χ0v) is 19.6. The molecule has 0 aliphatic rings. The van der Waals surface area contributed by atoms with E-state index in [4.69, 9.17) is 4.74 Å². The monoisotopic (exact) mass is 479 g/mol. The van der Waals surface area contributed by atoms with Gasteiger partial charge in [0.1, 0.15) is 5.75 Å². The molecule has 7 nitrogen and oxygen atoms in total. The number of aromatic nitrogens is 1. The van der Waals surface area contributed by atoms with E-state index in [1.807, 2.05) is 35.7 Å². The molecule has 168 valence electrons. The largest absolute Gasteiger partial charge is 0.495 e. The van der Waals surface area contributed by atoms with E-state index in [1.54, 1.807) is 24.3 Å². The van der Waals surface area contributed by atoms with Gasteiger partial charge < -0.3 is 4.74 Å². The minimum atomic E-state index is -3.84. The van der Waals surface area contributed by atoms with E-state index in [0.29, 0.717) is 22.1 Å². The Morgan fingerprint density at radius 1 is 0.970 bits per heavy atom. The van der Waals surface area contributed by atoms with Gasteiger partial charge in [0, 0.05) is 23.6 Å². The molecular weight excluding hydrogens is 458 g/mol. The van der Waals surface area contributed by atoms with Crippen LogP contribution in [-0.4, -0.2) is 33.5 Å². The number of nitrogens with zero attached hydrogens (tertiary/aromatic N) is 2. The van der Waals surface area contributed by atoms with Crippen molar-refractivity contribution in [2.75, 3.05) is 23.8 Å². The number of nitrogens with one attached hydrogen (secondary N) is 1. The van der Waals surface area contributed by atoms with E-state index >= 15 is 0 Å². The molecule has 0 radical (unpaired) electrons. The van der Waals surface area contributed by atoms with Crippen molar-refractivity contribution < 1.29 is 17.9 Å². The number of anilines is 2. The molecule has 3 aromatic carbocycles. The number of methoxy groups -OCH3 is 1. The van der Waals surface area contributed by atoms with Crippen molar-refractivity contribution in [1.29, 1.82) is 0 Å². The molecule has 1 amide bonds. The summed E-state index contributed by atoms with van der Waals surface area (Å²) in [5.74, 6) is 0.0730. The van der Waals surface area contributed by atoms with Gasteiger partial charge in [-0.1, -0.05) is 42.5 Å². The second-order valence-corrected chi connectivity index (χ2v) is 9.85. The summed E-state index contributed by atoms with van der Waals surface area (Å²) in [7, 11) is -0.899. The maximum absolute atomic E-state index is 13.1. The van der Waals surface area contributed by atoms with Gasteiger partial charge >= 0.3 is 0 Å². The van der Waals surface area contributed by atoms with Crippen LogP contribution in [0.1, 0.15) is 10.4 Å². The highest BCUT2D eigenvalue weighted by atomic mass is 32.2. The lowest BCUT2D eigenvalue weighted by atomic mass is 10.2. The summed E-state index contributed by atoms with van der Waals surface area (Å²) in [5.41, 5.74) is 2.48. The first-order valence-electron chi connectivity index (χ1n) is 9.94. The standard InChI is InChI=1S/C24H21N3O4S2/c1-27(21-10-6-7-11-22(21)31-2)33(29,30)19-14-12-18(13-15-19)23(28)26-24-25-20(16-32-24)17-8-4-3-5-9-17/h3-16H,1-2H3,(H,25,26,28). The molecule has 1 aromatic heterocycles. The van der Waals surface area contributed by atoms with Crippen LogP contribution in [0.2, 0.25) is 0 Å². The number of carbonyl (C=O) groups excluding carboxylic acids is 1. The van der Waals surface area contributed by atoms with Crippen molar-refractivity contribution in [3.05, 3.63) is 89.8 Å². The van der Waals surface area contributed by atoms with E-state index in [-0.39, 0.29) is 10.8 Å². The van der Waals surface area contributed by atoms with E-state index in [2.05, 4.69) is 10.3 Å². The first-order valence-corrected chi connectivity index (χ1v) is 12.3. The topological polar surface area (TPSA) is 88.6 Å². The van der Waals surface area contributed by atoms with Crippen molar-refractivity contribution >= 4 is 38.1 Å². The molecule has 0 saturated carbocycles. The number of ether oxygens (including phenoxy) is 1. The van der Waals surface area contributed by atoms with Crippen LogP contribution >= 0.6 is 11.3 Å². The lowest BCUT2D eigenvalue weighted by molar-refractivity contribution is 0.102. The number of benzene rings is 3. The number of amides is 1. The van der Waals surface area contributed by atoms with Gasteiger partial charge in [-0.2, -0.15) is 0 Å². The van der Waals surface area contributed by atoms with Crippen LogP contribution in [0.5, 0.6) is 5.75 Å². The molecule has 9 heteroatoms. The van der Waals surface area contributed by atoms with E-state index in [0.717, 1.165) is 15.6 Å². The van der Waals surface area contributed by atoms with Crippen molar-refractivity contribution in [2.45, 2.75) is 4.90 Å². The average Bonchev–Trinajstić information content (AvgIpc) is 3.32. The molecule has 1 N–H and O–H groups in total. The highest BCUT2D eigenvalue weighted by Crippen LogP contribution is 2.31. The van der Waals surface area contributed by atoms with Gasteiger partial charge in [-0.05, 0) is 36.4 Å². The van der Waals surface area contributed by atoms with E-state index in [9.17, 15) is 13.2 Å². The normalized spacial score (nSPS) is 11.1. The van der Waals surface area contributed by atoms with Crippen LogP contribution in [0, 0.1) is 0 Å². The highest BCUT2D eigenvalue weighted by molar-refractivity contribution is 7.92. The highest BCUT2D eigenvalue weighted by Gasteiger charge is 2.24. The van der Waals surface area contributed by atoms with Crippen LogP contribution in [0.3, 0.4) is 0 Å². The molecule has 4 aromatic rings. The fourth-order valence-electron chi connectivity index (χ4n) is 3.20. The molecule has 33 heavy (non-hydrogen) atoms. The van der Waals surface area contributed by atoms with Gasteiger partial charge in [-0.3, -0.25) is 14.4 Å². The fraction of sp³-hybridized carbons (Fsp3) is 0.0833. The Morgan fingerprint density at radius 2 is 1.64 bits per heavy atom. The van der Waals surface area contributed by atoms with Crippen LogP contribution in [0.4, 0.5) is 10.8 Å². The third kappa shape index (κ3) is 4.74. The maximum Gasteiger partial charge on any atom is 0.264 e. The summed E-state index contributed by atoms with van der Waals surface area (Å²) >= 11 is 1.32. The molecule has 4 rings (SSSR count). The summed E-state index contributed by atoms with van der Waals surface area (Å²) in [6.45, 7) is 0. The number of para-hydroxylation sites is 2. The minimum absolute atomic E-state index is 0.0630. The molecule has 0 unspecified atom stereocenters. The summed E-state index contributed by atoms with van der Waals surface area (Å²) in [4.78, 5) is 17.1.